The Balaban J connectivity index is 2.86. The molecule has 0 spiro atoms. The molecule has 4 nitrogen and oxygen atoms in total. The summed E-state index contributed by atoms with van der Waals surface area (Å²) >= 11 is 0. The second-order valence-electron chi connectivity index (χ2n) is 3.28. The minimum absolute atomic E-state index is 0.0382. The first-order valence-corrected chi connectivity index (χ1v) is 4.46. The molecule has 0 aliphatic heterocycles. The topological polar surface area (TPSA) is 70.2 Å². The highest BCUT2D eigenvalue weighted by Gasteiger charge is 2.19. The van der Waals surface area contributed by atoms with Gasteiger partial charge in [0, 0.05) is 10.9 Å². The summed E-state index contributed by atoms with van der Waals surface area (Å²) in [6.07, 6.45) is 0. The van der Waals surface area contributed by atoms with Crippen LogP contribution in [0.3, 0.4) is 0 Å². The Morgan fingerprint density at radius 3 is 2.53 bits per heavy atom. The zero-order valence-electron chi connectivity index (χ0n) is 8.07. The highest BCUT2D eigenvalue weighted by Crippen LogP contribution is 2.22. The number of carboxylic acids is 1. The maximum atomic E-state index is 11.4. The molecular formula is C11H9NO3. The molecule has 0 aliphatic rings. The van der Waals surface area contributed by atoms with Gasteiger partial charge in [-0.25, -0.2) is 4.79 Å². The largest absolute Gasteiger partial charge is 0.477 e. The smallest absolute Gasteiger partial charge is 0.353 e. The van der Waals surface area contributed by atoms with E-state index in [1.807, 2.05) is 0 Å². The molecule has 2 aromatic rings. The molecule has 2 rings (SSSR count). The van der Waals surface area contributed by atoms with Crippen molar-refractivity contribution in [3.8, 4) is 0 Å². The van der Waals surface area contributed by atoms with Crippen molar-refractivity contribution in [1.82, 2.24) is 4.98 Å². The van der Waals surface area contributed by atoms with Crippen molar-refractivity contribution in [2.75, 3.05) is 0 Å². The van der Waals surface area contributed by atoms with Gasteiger partial charge in [-0.2, -0.15) is 0 Å². The Kier molecular flexibility index (Phi) is 2.04. The maximum absolute atomic E-state index is 11.4. The third kappa shape index (κ3) is 1.40. The number of hydrogen-bond donors (Lipinski definition) is 2. The molecule has 0 aliphatic carbocycles. The normalized spacial score (nSPS) is 10.5. The SMILES string of the molecule is CC(=O)c1c(C(=O)O)[nH]c2ccccc12. The maximum Gasteiger partial charge on any atom is 0.353 e. The Labute approximate surface area is 85.5 Å². The van der Waals surface area contributed by atoms with Gasteiger partial charge < -0.3 is 10.1 Å². The second-order valence-corrected chi connectivity index (χ2v) is 3.28. The molecule has 0 radical (unpaired) electrons. The lowest BCUT2D eigenvalue weighted by Crippen LogP contribution is -2.04. The second kappa shape index (κ2) is 3.24. The van der Waals surface area contributed by atoms with Crippen LogP contribution in [0.2, 0.25) is 0 Å². The van der Waals surface area contributed by atoms with Crippen LogP contribution in [0.5, 0.6) is 0 Å². The minimum atomic E-state index is -1.11. The van der Waals surface area contributed by atoms with Crippen LogP contribution in [0.15, 0.2) is 24.3 Å². The van der Waals surface area contributed by atoms with Crippen LogP contribution in [0, 0.1) is 0 Å². The van der Waals surface area contributed by atoms with Gasteiger partial charge in [-0.3, -0.25) is 4.79 Å². The molecule has 1 aromatic heterocycles. The molecule has 0 fully saturated rings. The van der Waals surface area contributed by atoms with Crippen LogP contribution in [0.1, 0.15) is 27.8 Å². The van der Waals surface area contributed by atoms with E-state index >= 15 is 0 Å². The highest BCUT2D eigenvalue weighted by molar-refractivity contribution is 6.14. The number of aromatic amines is 1. The van der Waals surface area contributed by atoms with Crippen molar-refractivity contribution in [2.45, 2.75) is 6.92 Å². The molecule has 0 saturated carbocycles. The van der Waals surface area contributed by atoms with Crippen LogP contribution in [-0.2, 0) is 0 Å². The van der Waals surface area contributed by atoms with Crippen LogP contribution < -0.4 is 0 Å². The van der Waals surface area contributed by atoms with E-state index in [4.69, 9.17) is 5.11 Å². The predicted molar refractivity (Wildman–Crippen MR) is 55.3 cm³/mol. The first kappa shape index (κ1) is 9.45. The van der Waals surface area contributed by atoms with E-state index in [1.165, 1.54) is 6.92 Å². The van der Waals surface area contributed by atoms with E-state index in [0.717, 1.165) is 0 Å². The van der Waals surface area contributed by atoms with E-state index in [0.29, 0.717) is 10.9 Å². The van der Waals surface area contributed by atoms with Gasteiger partial charge in [0.2, 0.25) is 0 Å². The van der Waals surface area contributed by atoms with Crippen molar-refractivity contribution in [2.24, 2.45) is 0 Å². The molecular weight excluding hydrogens is 194 g/mol. The minimum Gasteiger partial charge on any atom is -0.477 e. The summed E-state index contributed by atoms with van der Waals surface area (Å²) in [5.74, 6) is -1.36. The molecule has 0 atom stereocenters. The summed E-state index contributed by atoms with van der Waals surface area (Å²) in [6.45, 7) is 1.36. The third-order valence-corrected chi connectivity index (χ3v) is 2.27. The Bertz CT molecular complexity index is 554. The number of carbonyl (C=O) groups excluding carboxylic acids is 1. The summed E-state index contributed by atoms with van der Waals surface area (Å²) in [5, 5.41) is 9.59. The van der Waals surface area contributed by atoms with Crippen molar-refractivity contribution in [1.29, 1.82) is 0 Å². The van der Waals surface area contributed by atoms with Crippen LogP contribution in [0.4, 0.5) is 0 Å². The van der Waals surface area contributed by atoms with Gasteiger partial charge in [0.1, 0.15) is 5.69 Å². The zero-order chi connectivity index (χ0) is 11.0. The quantitative estimate of drug-likeness (QED) is 0.734. The van der Waals surface area contributed by atoms with Gasteiger partial charge in [-0.15, -0.1) is 0 Å². The fraction of sp³-hybridized carbons (Fsp3) is 0.0909. The summed E-state index contributed by atoms with van der Waals surface area (Å²) in [7, 11) is 0. The lowest BCUT2D eigenvalue weighted by molar-refractivity contribution is 0.0687. The average Bonchev–Trinajstić information content (AvgIpc) is 2.56. The van der Waals surface area contributed by atoms with E-state index in [1.54, 1.807) is 24.3 Å². The molecule has 2 N–H and O–H groups in total. The number of para-hydroxylation sites is 1. The van der Waals surface area contributed by atoms with Crippen LogP contribution >= 0.6 is 0 Å². The van der Waals surface area contributed by atoms with E-state index in [9.17, 15) is 9.59 Å². The summed E-state index contributed by atoms with van der Waals surface area (Å²) in [4.78, 5) is 25.0. The summed E-state index contributed by atoms with van der Waals surface area (Å²) in [6, 6.07) is 7.03. The first-order valence-electron chi connectivity index (χ1n) is 4.46. The van der Waals surface area contributed by atoms with Crippen molar-refractivity contribution >= 4 is 22.7 Å². The molecule has 0 bridgehead atoms. The molecule has 15 heavy (non-hydrogen) atoms. The number of nitrogens with one attached hydrogen (secondary N) is 1. The Morgan fingerprint density at radius 1 is 1.27 bits per heavy atom. The van der Waals surface area contributed by atoms with E-state index < -0.39 is 5.97 Å². The zero-order valence-corrected chi connectivity index (χ0v) is 8.07. The third-order valence-electron chi connectivity index (χ3n) is 2.27. The number of rotatable bonds is 2. The predicted octanol–water partition coefficient (Wildman–Crippen LogP) is 2.07. The molecule has 4 heteroatoms. The van der Waals surface area contributed by atoms with Crippen molar-refractivity contribution in [3.05, 3.63) is 35.5 Å². The Morgan fingerprint density at radius 2 is 1.93 bits per heavy atom. The monoisotopic (exact) mass is 203 g/mol. The van der Waals surface area contributed by atoms with Gasteiger partial charge in [0.05, 0.1) is 5.56 Å². The molecule has 1 heterocycles. The molecule has 76 valence electrons. The van der Waals surface area contributed by atoms with Gasteiger partial charge >= 0.3 is 5.97 Å². The molecule has 0 unspecified atom stereocenters. The van der Waals surface area contributed by atoms with E-state index in [2.05, 4.69) is 4.98 Å². The lowest BCUT2D eigenvalue weighted by atomic mass is 10.1. The van der Waals surface area contributed by atoms with Crippen LogP contribution in [-0.4, -0.2) is 21.8 Å². The molecule has 0 saturated heterocycles. The summed E-state index contributed by atoms with van der Waals surface area (Å²) in [5.41, 5.74) is 0.877. The molecule has 0 amide bonds. The number of aromatic carboxylic acids is 1. The fourth-order valence-corrected chi connectivity index (χ4v) is 1.67. The number of fused-ring (bicyclic) bond motifs is 1. The van der Waals surface area contributed by atoms with Gasteiger partial charge in [0.25, 0.3) is 0 Å². The number of ketones is 1. The van der Waals surface area contributed by atoms with Crippen molar-refractivity contribution in [3.63, 3.8) is 0 Å². The van der Waals surface area contributed by atoms with E-state index in [-0.39, 0.29) is 17.0 Å². The molecule has 1 aromatic carbocycles. The van der Waals surface area contributed by atoms with Crippen molar-refractivity contribution < 1.29 is 14.7 Å². The fourth-order valence-electron chi connectivity index (χ4n) is 1.67. The Hall–Kier alpha value is -2.10. The first-order chi connectivity index (χ1) is 7.11. The van der Waals surface area contributed by atoms with Gasteiger partial charge in [-0.1, -0.05) is 18.2 Å². The van der Waals surface area contributed by atoms with Gasteiger partial charge in [0.15, 0.2) is 5.78 Å². The standard InChI is InChI=1S/C11H9NO3/c1-6(13)9-7-4-2-3-5-8(7)12-10(9)11(14)15/h2-5,12H,1H3,(H,14,15). The lowest BCUT2D eigenvalue weighted by Gasteiger charge is -1.94. The highest BCUT2D eigenvalue weighted by atomic mass is 16.4. The number of Topliss-reactive ketones (excluding diaryl/α,β-unsaturated/α-hetero) is 1. The van der Waals surface area contributed by atoms with Crippen LogP contribution in [0.25, 0.3) is 10.9 Å². The summed E-state index contributed by atoms with van der Waals surface area (Å²) < 4.78 is 0. The van der Waals surface area contributed by atoms with Gasteiger partial charge in [-0.05, 0) is 13.0 Å². The average molecular weight is 203 g/mol. The number of H-pyrrole nitrogens is 1. The number of hydrogen-bond acceptors (Lipinski definition) is 2. The number of carboxylic acid groups (broad SMARTS) is 1. The number of carbonyl (C=O) groups is 2. The number of benzene rings is 1. The number of aromatic nitrogens is 1.